The molecule has 0 saturated heterocycles. The van der Waals surface area contributed by atoms with Crippen LogP contribution in [0, 0.1) is 23.2 Å². The van der Waals surface area contributed by atoms with Gasteiger partial charge in [0, 0.05) is 6.04 Å². The van der Waals surface area contributed by atoms with Crippen molar-refractivity contribution in [1.29, 1.82) is 0 Å². The molecule has 4 bridgehead atoms. The normalized spacial score (nSPS) is 38.4. The Morgan fingerprint density at radius 1 is 1.29 bits per heavy atom. The molecule has 21 heavy (non-hydrogen) atoms. The van der Waals surface area contributed by atoms with E-state index in [1.165, 1.54) is 38.5 Å². The van der Waals surface area contributed by atoms with Crippen molar-refractivity contribution in [3.05, 3.63) is 24.2 Å². The molecular weight excluding hydrogens is 262 g/mol. The number of amides is 1. The van der Waals surface area contributed by atoms with Crippen LogP contribution in [0.1, 0.15) is 62.4 Å². The van der Waals surface area contributed by atoms with Gasteiger partial charge in [-0.3, -0.25) is 4.79 Å². The van der Waals surface area contributed by atoms with Gasteiger partial charge in [-0.1, -0.05) is 6.92 Å². The van der Waals surface area contributed by atoms with E-state index in [4.69, 9.17) is 4.42 Å². The highest BCUT2D eigenvalue weighted by Crippen LogP contribution is 2.61. The smallest absolute Gasteiger partial charge is 0.287 e. The predicted molar refractivity (Wildman–Crippen MR) is 80.9 cm³/mol. The number of hydrogen-bond acceptors (Lipinski definition) is 2. The summed E-state index contributed by atoms with van der Waals surface area (Å²) in [7, 11) is 0. The minimum absolute atomic E-state index is 0.0393. The number of carbonyl (C=O) groups is 1. The second kappa shape index (κ2) is 4.89. The van der Waals surface area contributed by atoms with Crippen molar-refractivity contribution in [1.82, 2.24) is 5.32 Å². The highest BCUT2D eigenvalue weighted by Gasteiger charge is 2.54. The zero-order valence-electron chi connectivity index (χ0n) is 12.8. The van der Waals surface area contributed by atoms with Crippen LogP contribution in [0.2, 0.25) is 0 Å². The highest BCUT2D eigenvalue weighted by atomic mass is 16.3. The summed E-state index contributed by atoms with van der Waals surface area (Å²) < 4.78 is 5.25. The molecule has 4 aliphatic rings. The predicted octanol–water partition coefficient (Wildman–Crippen LogP) is 4.00. The fourth-order valence-corrected chi connectivity index (χ4v) is 5.93. The minimum Gasteiger partial charge on any atom is -0.459 e. The summed E-state index contributed by atoms with van der Waals surface area (Å²) in [5, 5.41) is 3.29. The quantitative estimate of drug-likeness (QED) is 0.909. The van der Waals surface area contributed by atoms with Crippen molar-refractivity contribution in [3.8, 4) is 0 Å². The van der Waals surface area contributed by atoms with Crippen LogP contribution in [-0.2, 0) is 0 Å². The third-order valence-corrected chi connectivity index (χ3v) is 6.28. The molecule has 1 amide bonds. The van der Waals surface area contributed by atoms with E-state index < -0.39 is 0 Å². The summed E-state index contributed by atoms with van der Waals surface area (Å²) in [6, 6.07) is 3.84. The van der Waals surface area contributed by atoms with Gasteiger partial charge in [0.2, 0.25) is 0 Å². The summed E-state index contributed by atoms with van der Waals surface area (Å²) in [5.41, 5.74) is 0.367. The molecule has 0 spiro atoms. The average Bonchev–Trinajstić information content (AvgIpc) is 2.97. The van der Waals surface area contributed by atoms with Gasteiger partial charge in [-0.15, -0.1) is 0 Å². The topological polar surface area (TPSA) is 42.2 Å². The second-order valence-corrected chi connectivity index (χ2v) is 7.69. The SMILES string of the molecule is CC[C@H](NC(=O)c1ccco1)C12CC3CC(CC(C3)C1)C2. The van der Waals surface area contributed by atoms with Gasteiger partial charge in [0.25, 0.3) is 5.91 Å². The van der Waals surface area contributed by atoms with Crippen LogP contribution in [0.5, 0.6) is 0 Å². The van der Waals surface area contributed by atoms with Crippen LogP contribution in [0.3, 0.4) is 0 Å². The first-order valence-corrected chi connectivity index (χ1v) is 8.53. The van der Waals surface area contributed by atoms with Crippen molar-refractivity contribution in [3.63, 3.8) is 0 Å². The lowest BCUT2D eigenvalue weighted by molar-refractivity contribution is -0.0728. The van der Waals surface area contributed by atoms with Gasteiger partial charge < -0.3 is 9.73 Å². The van der Waals surface area contributed by atoms with Gasteiger partial charge in [-0.2, -0.15) is 0 Å². The number of carbonyl (C=O) groups excluding carboxylic acids is 1. The lowest BCUT2D eigenvalue weighted by Gasteiger charge is -2.59. The molecular formula is C18H25NO2. The maximum atomic E-state index is 12.4. The number of nitrogens with one attached hydrogen (secondary N) is 1. The molecule has 114 valence electrons. The fourth-order valence-electron chi connectivity index (χ4n) is 5.93. The summed E-state index contributed by atoms with van der Waals surface area (Å²) >= 11 is 0. The molecule has 0 aliphatic heterocycles. The molecule has 4 aliphatic carbocycles. The number of rotatable bonds is 4. The van der Waals surface area contributed by atoms with Gasteiger partial charge in [-0.25, -0.2) is 0 Å². The van der Waals surface area contributed by atoms with E-state index in [9.17, 15) is 4.79 Å². The first kappa shape index (κ1) is 13.4. The van der Waals surface area contributed by atoms with Crippen molar-refractivity contribution >= 4 is 5.91 Å². The van der Waals surface area contributed by atoms with Gasteiger partial charge >= 0.3 is 0 Å². The summed E-state index contributed by atoms with van der Waals surface area (Å²) in [4.78, 5) is 12.4. The van der Waals surface area contributed by atoms with Crippen LogP contribution in [0.25, 0.3) is 0 Å². The van der Waals surface area contributed by atoms with E-state index in [2.05, 4.69) is 12.2 Å². The number of furan rings is 1. The Morgan fingerprint density at radius 3 is 2.38 bits per heavy atom. The molecule has 1 aromatic heterocycles. The maximum absolute atomic E-state index is 12.4. The average molecular weight is 287 g/mol. The lowest BCUT2D eigenvalue weighted by Crippen LogP contribution is -2.56. The van der Waals surface area contributed by atoms with Crippen LogP contribution in [-0.4, -0.2) is 11.9 Å². The Balaban J connectivity index is 1.54. The van der Waals surface area contributed by atoms with Crippen molar-refractivity contribution in [2.24, 2.45) is 23.2 Å². The van der Waals surface area contributed by atoms with Gasteiger partial charge in [0.05, 0.1) is 6.26 Å². The highest BCUT2D eigenvalue weighted by molar-refractivity contribution is 5.91. The molecule has 0 radical (unpaired) electrons. The Labute approximate surface area is 126 Å². The molecule has 1 aromatic rings. The molecule has 1 N–H and O–H groups in total. The fraction of sp³-hybridized carbons (Fsp3) is 0.722. The standard InChI is InChI=1S/C18H25NO2/c1-2-16(19-17(20)15-4-3-5-21-15)18-9-12-6-13(10-18)8-14(7-12)11-18/h3-5,12-14,16H,2,6-11H2,1H3,(H,19,20)/t12?,13?,14?,16-,18?/m0/s1. The van der Waals surface area contributed by atoms with Crippen molar-refractivity contribution in [2.45, 2.75) is 57.9 Å². The third-order valence-electron chi connectivity index (χ3n) is 6.28. The van der Waals surface area contributed by atoms with E-state index in [1.807, 2.05) is 0 Å². The minimum atomic E-state index is -0.0393. The molecule has 0 unspecified atom stereocenters. The first-order chi connectivity index (χ1) is 10.2. The van der Waals surface area contributed by atoms with Gasteiger partial charge in [0.15, 0.2) is 5.76 Å². The molecule has 5 rings (SSSR count). The Hall–Kier alpha value is -1.25. The van der Waals surface area contributed by atoms with E-state index >= 15 is 0 Å². The zero-order valence-corrected chi connectivity index (χ0v) is 12.8. The number of hydrogen-bond donors (Lipinski definition) is 1. The molecule has 0 aromatic carbocycles. The summed E-state index contributed by atoms with van der Waals surface area (Å²) in [5.74, 6) is 3.17. The Bertz CT molecular complexity index is 484. The maximum Gasteiger partial charge on any atom is 0.287 e. The summed E-state index contributed by atoms with van der Waals surface area (Å²) in [6.07, 6.45) is 10.9. The summed E-state index contributed by atoms with van der Waals surface area (Å²) in [6.45, 7) is 2.21. The van der Waals surface area contributed by atoms with E-state index in [-0.39, 0.29) is 5.91 Å². The van der Waals surface area contributed by atoms with Crippen LogP contribution < -0.4 is 5.32 Å². The van der Waals surface area contributed by atoms with E-state index in [1.54, 1.807) is 18.4 Å². The molecule has 3 heteroatoms. The van der Waals surface area contributed by atoms with Crippen molar-refractivity contribution in [2.75, 3.05) is 0 Å². The molecule has 3 nitrogen and oxygen atoms in total. The van der Waals surface area contributed by atoms with Gasteiger partial charge in [0.1, 0.15) is 0 Å². The van der Waals surface area contributed by atoms with Crippen LogP contribution >= 0.6 is 0 Å². The zero-order chi connectivity index (χ0) is 14.4. The molecule has 4 fully saturated rings. The second-order valence-electron chi connectivity index (χ2n) is 7.69. The third kappa shape index (κ3) is 2.21. The largest absolute Gasteiger partial charge is 0.459 e. The molecule has 4 saturated carbocycles. The molecule has 1 heterocycles. The Morgan fingerprint density at radius 2 is 1.90 bits per heavy atom. The van der Waals surface area contributed by atoms with Crippen LogP contribution in [0.4, 0.5) is 0 Å². The lowest BCUT2D eigenvalue weighted by atomic mass is 9.47. The van der Waals surface area contributed by atoms with Crippen LogP contribution in [0.15, 0.2) is 22.8 Å². The first-order valence-electron chi connectivity index (χ1n) is 8.53. The van der Waals surface area contributed by atoms with E-state index in [0.29, 0.717) is 17.2 Å². The van der Waals surface area contributed by atoms with E-state index in [0.717, 1.165) is 24.2 Å². The van der Waals surface area contributed by atoms with Gasteiger partial charge in [-0.05, 0) is 80.2 Å². The molecule has 1 atom stereocenters. The van der Waals surface area contributed by atoms with Crippen molar-refractivity contribution < 1.29 is 9.21 Å². The monoisotopic (exact) mass is 287 g/mol. The Kier molecular flexibility index (Phi) is 3.13.